The van der Waals surface area contributed by atoms with Gasteiger partial charge in [-0.15, -0.1) is 0 Å². The lowest BCUT2D eigenvalue weighted by atomic mass is 9.93. The van der Waals surface area contributed by atoms with Crippen LogP contribution in [0.25, 0.3) is 0 Å². The Labute approximate surface area is 128 Å². The Bertz CT molecular complexity index is 482. The normalized spacial score (nSPS) is 18.4. The van der Waals surface area contributed by atoms with E-state index >= 15 is 0 Å². The highest BCUT2D eigenvalue weighted by atomic mass is 19.4. The van der Waals surface area contributed by atoms with Gasteiger partial charge in [-0.3, -0.25) is 4.90 Å². The molecule has 1 fully saturated rings. The minimum atomic E-state index is -4.53. The Morgan fingerprint density at radius 3 is 2.50 bits per heavy atom. The van der Waals surface area contributed by atoms with Gasteiger partial charge in [-0.25, -0.2) is 4.39 Å². The van der Waals surface area contributed by atoms with E-state index in [2.05, 4.69) is 5.32 Å². The zero-order valence-corrected chi connectivity index (χ0v) is 12.7. The van der Waals surface area contributed by atoms with Crippen LogP contribution in [0.1, 0.15) is 43.4 Å². The van der Waals surface area contributed by atoms with E-state index in [0.29, 0.717) is 19.5 Å². The van der Waals surface area contributed by atoms with Gasteiger partial charge in [0.1, 0.15) is 5.82 Å². The summed E-state index contributed by atoms with van der Waals surface area (Å²) in [6.45, 7) is 4.71. The Kier molecular flexibility index (Phi) is 5.81. The van der Waals surface area contributed by atoms with Crippen LogP contribution in [0.3, 0.4) is 0 Å². The van der Waals surface area contributed by atoms with E-state index in [1.54, 1.807) is 0 Å². The molecule has 0 aromatic heterocycles. The Morgan fingerprint density at radius 1 is 1.23 bits per heavy atom. The second-order valence-corrected chi connectivity index (χ2v) is 5.64. The van der Waals surface area contributed by atoms with Crippen molar-refractivity contribution in [1.29, 1.82) is 0 Å². The largest absolute Gasteiger partial charge is 0.416 e. The molecule has 0 aliphatic carbocycles. The number of hydrogen-bond acceptors (Lipinski definition) is 2. The van der Waals surface area contributed by atoms with Gasteiger partial charge < -0.3 is 5.32 Å². The van der Waals surface area contributed by atoms with E-state index in [9.17, 15) is 17.6 Å². The zero-order chi connectivity index (χ0) is 16.2. The molecule has 1 aromatic rings. The molecule has 0 unspecified atom stereocenters. The Hall–Kier alpha value is -1.14. The molecule has 1 aliphatic heterocycles. The summed E-state index contributed by atoms with van der Waals surface area (Å²) in [5.74, 6) is -0.755. The van der Waals surface area contributed by atoms with E-state index < -0.39 is 23.6 Å². The summed E-state index contributed by atoms with van der Waals surface area (Å²) in [5.41, 5.74) is -1.03. The minimum Gasteiger partial charge on any atom is -0.314 e. The van der Waals surface area contributed by atoms with Gasteiger partial charge in [-0.1, -0.05) is 25.8 Å². The second kappa shape index (κ2) is 7.42. The fourth-order valence-corrected chi connectivity index (χ4v) is 3.02. The van der Waals surface area contributed by atoms with Crippen molar-refractivity contribution < 1.29 is 17.6 Å². The third-order valence-corrected chi connectivity index (χ3v) is 4.12. The lowest BCUT2D eigenvalue weighted by molar-refractivity contribution is -0.139. The van der Waals surface area contributed by atoms with Gasteiger partial charge in [0.15, 0.2) is 0 Å². The SMILES string of the molecule is CCCC[C@H](c1c(F)cccc1C(F)(F)F)N1CCNCC1. The van der Waals surface area contributed by atoms with Crippen molar-refractivity contribution in [2.75, 3.05) is 26.2 Å². The predicted octanol–water partition coefficient (Wildman–Crippen LogP) is 3.98. The number of unbranched alkanes of at least 4 members (excludes halogenated alkanes) is 1. The van der Waals surface area contributed by atoms with Crippen LogP contribution >= 0.6 is 0 Å². The molecular formula is C16H22F4N2. The highest BCUT2D eigenvalue weighted by Crippen LogP contribution is 2.39. The standard InChI is InChI=1S/C16H22F4N2/c1-2-3-7-14(22-10-8-21-9-11-22)15-12(16(18,19)20)5-4-6-13(15)17/h4-6,14,21H,2-3,7-11H2,1H3/t14-/m1/s1. The molecule has 0 saturated carbocycles. The van der Waals surface area contributed by atoms with Crippen LogP contribution in [-0.2, 0) is 6.18 Å². The molecule has 22 heavy (non-hydrogen) atoms. The zero-order valence-electron chi connectivity index (χ0n) is 12.7. The first-order valence-corrected chi connectivity index (χ1v) is 7.75. The molecule has 1 saturated heterocycles. The van der Waals surface area contributed by atoms with Crippen molar-refractivity contribution in [2.24, 2.45) is 0 Å². The van der Waals surface area contributed by atoms with Crippen LogP contribution in [0, 0.1) is 5.82 Å². The summed E-state index contributed by atoms with van der Waals surface area (Å²) in [4.78, 5) is 1.97. The van der Waals surface area contributed by atoms with E-state index in [-0.39, 0.29) is 5.56 Å². The predicted molar refractivity (Wildman–Crippen MR) is 78.1 cm³/mol. The lowest BCUT2D eigenvalue weighted by Crippen LogP contribution is -2.45. The van der Waals surface area contributed by atoms with Crippen LogP contribution in [0.15, 0.2) is 18.2 Å². The van der Waals surface area contributed by atoms with Gasteiger partial charge in [0.05, 0.1) is 5.56 Å². The number of halogens is 4. The van der Waals surface area contributed by atoms with E-state index in [1.165, 1.54) is 0 Å². The number of nitrogens with one attached hydrogen (secondary N) is 1. The molecule has 0 bridgehead atoms. The highest BCUT2D eigenvalue weighted by Gasteiger charge is 2.38. The molecule has 2 nitrogen and oxygen atoms in total. The summed E-state index contributed by atoms with van der Waals surface area (Å²) in [6, 6.07) is 2.74. The number of piperazine rings is 1. The fourth-order valence-electron chi connectivity index (χ4n) is 3.02. The van der Waals surface area contributed by atoms with Crippen LogP contribution in [0.4, 0.5) is 17.6 Å². The molecule has 1 heterocycles. The molecular weight excluding hydrogens is 296 g/mol. The molecule has 1 atom stereocenters. The third kappa shape index (κ3) is 3.98. The summed E-state index contributed by atoms with van der Waals surface area (Å²) in [7, 11) is 0. The van der Waals surface area contributed by atoms with Gasteiger partial charge in [0.25, 0.3) is 0 Å². The van der Waals surface area contributed by atoms with E-state index in [0.717, 1.165) is 44.1 Å². The summed E-state index contributed by atoms with van der Waals surface area (Å²) < 4.78 is 54.1. The van der Waals surface area contributed by atoms with E-state index in [1.807, 2.05) is 11.8 Å². The third-order valence-electron chi connectivity index (χ3n) is 4.12. The van der Waals surface area contributed by atoms with Crippen LogP contribution in [0.2, 0.25) is 0 Å². The molecule has 6 heteroatoms. The van der Waals surface area contributed by atoms with Gasteiger partial charge in [0.2, 0.25) is 0 Å². The highest BCUT2D eigenvalue weighted by molar-refractivity contribution is 5.34. The van der Waals surface area contributed by atoms with Crippen LogP contribution in [-0.4, -0.2) is 31.1 Å². The molecule has 124 valence electrons. The monoisotopic (exact) mass is 318 g/mol. The van der Waals surface area contributed by atoms with Crippen molar-refractivity contribution in [3.05, 3.63) is 35.1 Å². The minimum absolute atomic E-state index is 0.189. The molecule has 1 N–H and O–H groups in total. The number of hydrogen-bond donors (Lipinski definition) is 1. The topological polar surface area (TPSA) is 15.3 Å². The maximum absolute atomic E-state index is 14.3. The van der Waals surface area contributed by atoms with Crippen molar-refractivity contribution in [3.8, 4) is 0 Å². The molecule has 0 amide bonds. The van der Waals surface area contributed by atoms with Crippen molar-refractivity contribution >= 4 is 0 Å². The first-order valence-electron chi connectivity index (χ1n) is 7.75. The van der Waals surface area contributed by atoms with Crippen molar-refractivity contribution in [1.82, 2.24) is 10.2 Å². The maximum atomic E-state index is 14.3. The van der Waals surface area contributed by atoms with E-state index in [4.69, 9.17) is 0 Å². The smallest absolute Gasteiger partial charge is 0.314 e. The molecule has 1 aliphatic rings. The number of rotatable bonds is 5. The van der Waals surface area contributed by atoms with Crippen molar-refractivity contribution in [2.45, 2.75) is 38.4 Å². The summed E-state index contributed by atoms with van der Waals surface area (Å²) in [6.07, 6.45) is -2.34. The first-order chi connectivity index (χ1) is 10.4. The molecule has 0 spiro atoms. The van der Waals surface area contributed by atoms with Gasteiger partial charge in [-0.2, -0.15) is 13.2 Å². The molecule has 0 radical (unpaired) electrons. The average molecular weight is 318 g/mol. The summed E-state index contributed by atoms with van der Waals surface area (Å²) >= 11 is 0. The van der Waals surface area contributed by atoms with Gasteiger partial charge in [-0.05, 0) is 18.6 Å². The Morgan fingerprint density at radius 2 is 1.91 bits per heavy atom. The molecule has 1 aromatic carbocycles. The second-order valence-electron chi connectivity index (χ2n) is 5.64. The average Bonchev–Trinajstić information content (AvgIpc) is 2.49. The quantitative estimate of drug-likeness (QED) is 0.826. The van der Waals surface area contributed by atoms with Crippen LogP contribution in [0.5, 0.6) is 0 Å². The fraction of sp³-hybridized carbons (Fsp3) is 0.625. The number of nitrogens with zero attached hydrogens (tertiary/aromatic N) is 1. The van der Waals surface area contributed by atoms with Gasteiger partial charge in [0, 0.05) is 37.8 Å². The lowest BCUT2D eigenvalue weighted by Gasteiger charge is -2.36. The Balaban J connectivity index is 2.41. The van der Waals surface area contributed by atoms with Crippen LogP contribution < -0.4 is 5.32 Å². The first kappa shape index (κ1) is 17.2. The van der Waals surface area contributed by atoms with Gasteiger partial charge >= 0.3 is 6.18 Å². The molecule has 2 rings (SSSR count). The van der Waals surface area contributed by atoms with Crippen molar-refractivity contribution in [3.63, 3.8) is 0 Å². The summed E-state index contributed by atoms with van der Waals surface area (Å²) in [5, 5.41) is 3.18. The maximum Gasteiger partial charge on any atom is 0.416 e. The number of alkyl halides is 3. The number of benzene rings is 1.